The van der Waals surface area contributed by atoms with Crippen LogP contribution >= 0.6 is 11.6 Å². The molecule has 1 heterocycles. The number of halogens is 4. The van der Waals surface area contributed by atoms with E-state index in [0.717, 1.165) is 0 Å². The van der Waals surface area contributed by atoms with Crippen molar-refractivity contribution in [2.45, 2.75) is 19.0 Å². The van der Waals surface area contributed by atoms with Crippen LogP contribution < -0.4 is 4.90 Å². The molecule has 1 aliphatic heterocycles. The molecule has 2 nitrogen and oxygen atoms in total. The Labute approximate surface area is 114 Å². The molecule has 1 saturated heterocycles. The van der Waals surface area contributed by atoms with E-state index >= 15 is 0 Å². The maximum absolute atomic E-state index is 12.6. The summed E-state index contributed by atoms with van der Waals surface area (Å²) in [6, 6.07) is 4.84. The van der Waals surface area contributed by atoms with Crippen molar-refractivity contribution in [3.63, 3.8) is 0 Å². The van der Waals surface area contributed by atoms with E-state index in [1.54, 1.807) is 12.1 Å². The fourth-order valence-electron chi connectivity index (χ4n) is 2.31. The van der Waals surface area contributed by atoms with Gasteiger partial charge in [-0.1, -0.05) is 11.6 Å². The quantitative estimate of drug-likeness (QED) is 0.770. The Morgan fingerprint density at radius 2 is 1.84 bits per heavy atom. The summed E-state index contributed by atoms with van der Waals surface area (Å²) < 4.78 is 37.7. The third-order valence-electron chi connectivity index (χ3n) is 3.36. The number of carbonyl (C=O) groups excluding carboxylic acids is 1. The maximum Gasteiger partial charge on any atom is 0.391 e. The number of aldehydes is 1. The van der Waals surface area contributed by atoms with Gasteiger partial charge in [-0.15, -0.1) is 0 Å². The lowest BCUT2D eigenvalue weighted by Gasteiger charge is -2.34. The molecule has 0 N–H and O–H groups in total. The summed E-state index contributed by atoms with van der Waals surface area (Å²) >= 11 is 5.88. The summed E-state index contributed by atoms with van der Waals surface area (Å²) in [5.41, 5.74) is 1.13. The summed E-state index contributed by atoms with van der Waals surface area (Å²) in [7, 11) is 0. The van der Waals surface area contributed by atoms with Crippen molar-refractivity contribution < 1.29 is 18.0 Å². The molecule has 0 aromatic heterocycles. The number of carbonyl (C=O) groups is 1. The number of anilines is 1. The lowest BCUT2D eigenvalue weighted by Crippen LogP contribution is -2.39. The van der Waals surface area contributed by atoms with Crippen molar-refractivity contribution >= 4 is 23.6 Å². The van der Waals surface area contributed by atoms with Crippen LogP contribution in [0.5, 0.6) is 0 Å². The van der Waals surface area contributed by atoms with Crippen molar-refractivity contribution in [1.29, 1.82) is 0 Å². The van der Waals surface area contributed by atoms with Crippen molar-refractivity contribution in [1.82, 2.24) is 0 Å². The first-order valence-corrected chi connectivity index (χ1v) is 6.35. The second kappa shape index (κ2) is 5.41. The van der Waals surface area contributed by atoms with E-state index < -0.39 is 12.1 Å². The molecule has 0 atom stereocenters. The van der Waals surface area contributed by atoms with Crippen LogP contribution in [0.15, 0.2) is 18.2 Å². The molecule has 1 fully saturated rings. The molecular formula is C13H13ClF3NO. The molecule has 1 aromatic rings. The largest absolute Gasteiger partial charge is 0.391 e. The van der Waals surface area contributed by atoms with Crippen LogP contribution in [0.1, 0.15) is 23.2 Å². The molecule has 0 radical (unpaired) electrons. The van der Waals surface area contributed by atoms with Crippen LogP contribution in [-0.4, -0.2) is 25.6 Å². The van der Waals surface area contributed by atoms with Crippen LogP contribution in [0, 0.1) is 5.92 Å². The molecule has 104 valence electrons. The fourth-order valence-corrected chi connectivity index (χ4v) is 2.55. The maximum atomic E-state index is 12.6. The van der Waals surface area contributed by atoms with Gasteiger partial charge in [0.2, 0.25) is 0 Å². The number of hydrogen-bond donors (Lipinski definition) is 0. The van der Waals surface area contributed by atoms with E-state index in [9.17, 15) is 18.0 Å². The summed E-state index contributed by atoms with van der Waals surface area (Å²) in [4.78, 5) is 12.6. The second-order valence-electron chi connectivity index (χ2n) is 4.66. The number of hydrogen-bond acceptors (Lipinski definition) is 2. The van der Waals surface area contributed by atoms with Gasteiger partial charge >= 0.3 is 6.18 Å². The van der Waals surface area contributed by atoms with Gasteiger partial charge in [0.05, 0.1) is 5.92 Å². The minimum absolute atomic E-state index is 0.0758. The summed E-state index contributed by atoms with van der Waals surface area (Å²) in [6.07, 6.45) is -3.29. The zero-order valence-corrected chi connectivity index (χ0v) is 10.8. The Morgan fingerprint density at radius 3 is 2.37 bits per heavy atom. The zero-order valence-electron chi connectivity index (χ0n) is 10.1. The first-order chi connectivity index (χ1) is 8.90. The molecule has 0 unspecified atom stereocenters. The highest BCUT2D eigenvalue weighted by Crippen LogP contribution is 2.35. The van der Waals surface area contributed by atoms with Gasteiger partial charge in [-0.3, -0.25) is 4.79 Å². The standard InChI is InChI=1S/C13H13ClF3NO/c14-11-5-9(8-19)6-12(7-11)18-3-1-10(2-4-18)13(15,16)17/h5-8,10H,1-4H2. The topological polar surface area (TPSA) is 20.3 Å². The SMILES string of the molecule is O=Cc1cc(Cl)cc(N2CCC(C(F)(F)F)CC2)c1. The lowest BCUT2D eigenvalue weighted by atomic mass is 9.96. The number of piperidine rings is 1. The average molecular weight is 292 g/mol. The van der Waals surface area contributed by atoms with Crippen LogP contribution in [0.4, 0.5) is 18.9 Å². The van der Waals surface area contributed by atoms with Gasteiger partial charge in [-0.25, -0.2) is 0 Å². The van der Waals surface area contributed by atoms with Crippen molar-refractivity contribution in [2.75, 3.05) is 18.0 Å². The minimum atomic E-state index is -4.12. The third-order valence-corrected chi connectivity index (χ3v) is 3.58. The van der Waals surface area contributed by atoms with E-state index in [1.165, 1.54) is 6.07 Å². The molecule has 0 bridgehead atoms. The Morgan fingerprint density at radius 1 is 1.21 bits per heavy atom. The van der Waals surface area contributed by atoms with Gasteiger partial charge in [-0.05, 0) is 31.0 Å². The van der Waals surface area contributed by atoms with Gasteiger partial charge in [0.15, 0.2) is 0 Å². The summed E-state index contributed by atoms with van der Waals surface area (Å²) in [5, 5.41) is 0.414. The van der Waals surface area contributed by atoms with E-state index in [-0.39, 0.29) is 12.8 Å². The molecule has 0 amide bonds. The second-order valence-corrected chi connectivity index (χ2v) is 5.10. The molecule has 2 rings (SSSR count). The molecule has 1 aromatic carbocycles. The summed E-state index contributed by atoms with van der Waals surface area (Å²) in [5.74, 6) is -1.23. The van der Waals surface area contributed by atoms with Gasteiger partial charge in [-0.2, -0.15) is 13.2 Å². The summed E-state index contributed by atoms with van der Waals surface area (Å²) in [6.45, 7) is 0.644. The van der Waals surface area contributed by atoms with Gasteiger partial charge in [0.1, 0.15) is 6.29 Å². The number of alkyl halides is 3. The minimum Gasteiger partial charge on any atom is -0.371 e. The lowest BCUT2D eigenvalue weighted by molar-refractivity contribution is -0.179. The molecule has 19 heavy (non-hydrogen) atoms. The van der Waals surface area contributed by atoms with Crippen molar-refractivity contribution in [3.8, 4) is 0 Å². The number of nitrogens with zero attached hydrogens (tertiary/aromatic N) is 1. The highest BCUT2D eigenvalue weighted by Gasteiger charge is 2.41. The van der Waals surface area contributed by atoms with Crippen molar-refractivity contribution in [2.24, 2.45) is 5.92 Å². The molecule has 0 aliphatic carbocycles. The highest BCUT2D eigenvalue weighted by atomic mass is 35.5. The first kappa shape index (κ1) is 14.2. The first-order valence-electron chi connectivity index (χ1n) is 5.97. The average Bonchev–Trinajstić information content (AvgIpc) is 2.37. The Bertz CT molecular complexity index is 467. The number of benzene rings is 1. The Balaban J connectivity index is 2.09. The smallest absolute Gasteiger partial charge is 0.371 e. The van der Waals surface area contributed by atoms with E-state index in [0.29, 0.717) is 35.6 Å². The molecule has 6 heteroatoms. The molecule has 1 aliphatic rings. The fraction of sp³-hybridized carbons (Fsp3) is 0.462. The van der Waals surface area contributed by atoms with Crippen molar-refractivity contribution in [3.05, 3.63) is 28.8 Å². The van der Waals surface area contributed by atoms with Gasteiger partial charge in [0, 0.05) is 29.4 Å². The van der Waals surface area contributed by atoms with Crippen LogP contribution in [0.3, 0.4) is 0 Å². The highest BCUT2D eigenvalue weighted by molar-refractivity contribution is 6.31. The van der Waals surface area contributed by atoms with Crippen LogP contribution in [0.25, 0.3) is 0 Å². The molecule has 0 saturated carbocycles. The van der Waals surface area contributed by atoms with Crippen LogP contribution in [0.2, 0.25) is 5.02 Å². The Hall–Kier alpha value is -1.23. The van der Waals surface area contributed by atoms with E-state index in [1.807, 2.05) is 4.90 Å². The van der Waals surface area contributed by atoms with Gasteiger partial charge < -0.3 is 4.90 Å². The molecular weight excluding hydrogens is 279 g/mol. The Kier molecular flexibility index (Phi) is 4.04. The predicted octanol–water partition coefficient (Wildman–Crippen LogP) is 3.93. The van der Waals surface area contributed by atoms with E-state index in [4.69, 9.17) is 11.6 Å². The number of rotatable bonds is 2. The normalized spacial score (nSPS) is 17.6. The predicted molar refractivity (Wildman–Crippen MR) is 67.8 cm³/mol. The van der Waals surface area contributed by atoms with E-state index in [2.05, 4.69) is 0 Å². The monoisotopic (exact) mass is 291 g/mol. The third kappa shape index (κ3) is 3.41. The molecule has 0 spiro atoms. The zero-order chi connectivity index (χ0) is 14.0. The van der Waals surface area contributed by atoms with Gasteiger partial charge in [0.25, 0.3) is 0 Å². The van der Waals surface area contributed by atoms with Crippen LogP contribution in [-0.2, 0) is 0 Å².